The third-order valence-corrected chi connectivity index (χ3v) is 1.91. The van der Waals surface area contributed by atoms with Crippen LogP contribution in [-0.2, 0) is 12.8 Å². The highest BCUT2D eigenvalue weighted by atomic mass is 19.1. The lowest BCUT2D eigenvalue weighted by Crippen LogP contribution is -2.04. The normalized spacial score (nSPS) is 12.8. The van der Waals surface area contributed by atoms with Gasteiger partial charge in [0.1, 0.15) is 0 Å². The largest absolute Gasteiger partial charge is 0.393 e. The highest BCUT2D eigenvalue weighted by Crippen LogP contribution is 2.08. The molecule has 72 valence electrons. The second-order valence-corrected chi connectivity index (χ2v) is 3.31. The van der Waals surface area contributed by atoms with E-state index in [0.29, 0.717) is 12.8 Å². The zero-order valence-electron chi connectivity index (χ0n) is 7.83. The summed E-state index contributed by atoms with van der Waals surface area (Å²) in [5.74, 6) is 0. The van der Waals surface area contributed by atoms with Gasteiger partial charge in [-0.1, -0.05) is 24.3 Å². The summed E-state index contributed by atoms with van der Waals surface area (Å²) in [6.45, 7) is 1.43. The topological polar surface area (TPSA) is 20.2 Å². The molecule has 1 atom stereocenters. The lowest BCUT2D eigenvalue weighted by atomic mass is 10.0. The Bertz CT molecular complexity index is 258. The Kier molecular flexibility index (Phi) is 3.90. The van der Waals surface area contributed by atoms with Gasteiger partial charge in [0.15, 0.2) is 0 Å². The Hall–Kier alpha value is -0.890. The summed E-state index contributed by atoms with van der Waals surface area (Å²) in [5, 5.41) is 9.15. The molecule has 0 heterocycles. The molecule has 13 heavy (non-hydrogen) atoms. The first-order chi connectivity index (χ1) is 6.22. The molecule has 0 aliphatic carbocycles. The summed E-state index contributed by atoms with van der Waals surface area (Å²) >= 11 is 0. The number of halogens is 1. The smallest absolute Gasteiger partial charge is 0.0934 e. The lowest BCUT2D eigenvalue weighted by molar-refractivity contribution is 0.195. The molecule has 0 bridgehead atoms. The summed E-state index contributed by atoms with van der Waals surface area (Å²) in [4.78, 5) is 0. The van der Waals surface area contributed by atoms with Crippen molar-refractivity contribution in [2.75, 3.05) is 6.67 Å². The van der Waals surface area contributed by atoms with Crippen LogP contribution in [-0.4, -0.2) is 17.9 Å². The molecule has 1 N–H and O–H groups in total. The Morgan fingerprint density at radius 2 is 2.08 bits per heavy atom. The van der Waals surface area contributed by atoms with Crippen molar-refractivity contribution in [1.29, 1.82) is 0 Å². The van der Waals surface area contributed by atoms with E-state index in [4.69, 9.17) is 5.11 Å². The van der Waals surface area contributed by atoms with E-state index in [1.54, 1.807) is 6.92 Å². The molecule has 0 aromatic heterocycles. The van der Waals surface area contributed by atoms with E-state index in [-0.39, 0.29) is 12.8 Å². The number of hydrogen-bond donors (Lipinski definition) is 1. The maximum absolute atomic E-state index is 12.0. The molecule has 0 aliphatic rings. The summed E-state index contributed by atoms with van der Waals surface area (Å²) in [6, 6.07) is 7.72. The molecule has 0 saturated carbocycles. The maximum atomic E-state index is 12.0. The number of benzene rings is 1. The molecule has 1 aromatic rings. The molecule has 1 rings (SSSR count). The van der Waals surface area contributed by atoms with Crippen molar-refractivity contribution in [2.24, 2.45) is 0 Å². The van der Waals surface area contributed by atoms with Crippen LogP contribution in [0.3, 0.4) is 0 Å². The van der Waals surface area contributed by atoms with Crippen LogP contribution < -0.4 is 0 Å². The molecule has 0 saturated heterocycles. The predicted octanol–water partition coefficient (Wildman–Crippen LogP) is 2.12. The van der Waals surface area contributed by atoms with Crippen LogP contribution in [0.1, 0.15) is 18.1 Å². The number of rotatable bonds is 4. The molecule has 2 heteroatoms. The summed E-state index contributed by atoms with van der Waals surface area (Å²) < 4.78 is 12.0. The number of aryl methyl sites for hydroxylation is 1. The number of aliphatic hydroxyl groups is 1. The average molecular weight is 182 g/mol. The standard InChI is InChI=1S/C11H15FO/c1-9(13)7-11-4-2-3-10(8-11)5-6-12/h2-4,8-9,13H,5-7H2,1H3. The molecule has 0 aliphatic heterocycles. The van der Waals surface area contributed by atoms with Crippen LogP contribution in [0.4, 0.5) is 4.39 Å². The second-order valence-electron chi connectivity index (χ2n) is 3.31. The number of aliphatic hydroxyl groups excluding tert-OH is 1. The minimum atomic E-state index is -0.333. The zero-order chi connectivity index (χ0) is 9.68. The van der Waals surface area contributed by atoms with Crippen LogP contribution in [0, 0.1) is 0 Å². The monoisotopic (exact) mass is 182 g/mol. The SMILES string of the molecule is CC(O)Cc1cccc(CCF)c1. The van der Waals surface area contributed by atoms with Crippen LogP contribution in [0.5, 0.6) is 0 Å². The first kappa shape index (κ1) is 10.2. The van der Waals surface area contributed by atoms with Gasteiger partial charge in [0.25, 0.3) is 0 Å². The van der Waals surface area contributed by atoms with E-state index in [2.05, 4.69) is 0 Å². The fraction of sp³-hybridized carbons (Fsp3) is 0.455. The Balaban J connectivity index is 2.67. The maximum Gasteiger partial charge on any atom is 0.0934 e. The van der Waals surface area contributed by atoms with E-state index >= 15 is 0 Å². The van der Waals surface area contributed by atoms with Crippen molar-refractivity contribution in [1.82, 2.24) is 0 Å². The van der Waals surface area contributed by atoms with Crippen molar-refractivity contribution >= 4 is 0 Å². The van der Waals surface area contributed by atoms with Crippen molar-refractivity contribution in [2.45, 2.75) is 25.9 Å². The van der Waals surface area contributed by atoms with Gasteiger partial charge in [-0.15, -0.1) is 0 Å². The minimum Gasteiger partial charge on any atom is -0.393 e. The molecule has 0 spiro atoms. The highest BCUT2D eigenvalue weighted by molar-refractivity contribution is 5.24. The fourth-order valence-electron chi connectivity index (χ4n) is 1.36. The predicted molar refractivity (Wildman–Crippen MR) is 51.5 cm³/mol. The number of alkyl halides is 1. The molecule has 0 radical (unpaired) electrons. The lowest BCUT2D eigenvalue weighted by Gasteiger charge is -2.05. The van der Waals surface area contributed by atoms with Crippen molar-refractivity contribution in [3.05, 3.63) is 35.4 Å². The summed E-state index contributed by atoms with van der Waals surface area (Å²) in [6.07, 6.45) is 0.772. The quantitative estimate of drug-likeness (QED) is 0.756. The van der Waals surface area contributed by atoms with Gasteiger partial charge in [-0.2, -0.15) is 0 Å². The van der Waals surface area contributed by atoms with E-state index in [0.717, 1.165) is 11.1 Å². The van der Waals surface area contributed by atoms with E-state index in [1.807, 2.05) is 24.3 Å². The molecule has 1 nitrogen and oxygen atoms in total. The number of hydrogen-bond acceptors (Lipinski definition) is 1. The van der Waals surface area contributed by atoms with Gasteiger partial charge >= 0.3 is 0 Å². The summed E-state index contributed by atoms with van der Waals surface area (Å²) in [7, 11) is 0. The molecule has 1 unspecified atom stereocenters. The van der Waals surface area contributed by atoms with Crippen LogP contribution in [0.15, 0.2) is 24.3 Å². The van der Waals surface area contributed by atoms with Gasteiger partial charge < -0.3 is 5.11 Å². The van der Waals surface area contributed by atoms with Crippen LogP contribution in [0.2, 0.25) is 0 Å². The van der Waals surface area contributed by atoms with Crippen LogP contribution in [0.25, 0.3) is 0 Å². The molecule has 0 fully saturated rings. The molecule has 0 amide bonds. The molecular formula is C11H15FO. The minimum absolute atomic E-state index is 0.321. The third kappa shape index (κ3) is 3.55. The Labute approximate surface area is 78.2 Å². The fourth-order valence-corrected chi connectivity index (χ4v) is 1.36. The first-order valence-electron chi connectivity index (χ1n) is 4.54. The zero-order valence-corrected chi connectivity index (χ0v) is 7.83. The Morgan fingerprint density at radius 1 is 1.38 bits per heavy atom. The highest BCUT2D eigenvalue weighted by Gasteiger charge is 1.99. The van der Waals surface area contributed by atoms with Gasteiger partial charge in [-0.3, -0.25) is 4.39 Å². The molecule has 1 aromatic carbocycles. The van der Waals surface area contributed by atoms with E-state index in [1.165, 1.54) is 0 Å². The van der Waals surface area contributed by atoms with E-state index in [9.17, 15) is 4.39 Å². The first-order valence-corrected chi connectivity index (χ1v) is 4.54. The van der Waals surface area contributed by atoms with Gasteiger partial charge in [0.05, 0.1) is 12.8 Å². The summed E-state index contributed by atoms with van der Waals surface area (Å²) in [5.41, 5.74) is 2.07. The van der Waals surface area contributed by atoms with Crippen molar-refractivity contribution in [3.8, 4) is 0 Å². The van der Waals surface area contributed by atoms with Gasteiger partial charge in [-0.25, -0.2) is 0 Å². The van der Waals surface area contributed by atoms with Gasteiger partial charge in [0, 0.05) is 6.42 Å². The van der Waals surface area contributed by atoms with Gasteiger partial charge in [-0.05, 0) is 24.5 Å². The van der Waals surface area contributed by atoms with Gasteiger partial charge in [0.2, 0.25) is 0 Å². The third-order valence-electron chi connectivity index (χ3n) is 1.91. The van der Waals surface area contributed by atoms with Crippen LogP contribution >= 0.6 is 0 Å². The Morgan fingerprint density at radius 3 is 2.69 bits per heavy atom. The average Bonchev–Trinajstić information content (AvgIpc) is 2.04. The van der Waals surface area contributed by atoms with Crippen molar-refractivity contribution in [3.63, 3.8) is 0 Å². The van der Waals surface area contributed by atoms with Crippen molar-refractivity contribution < 1.29 is 9.50 Å². The second kappa shape index (κ2) is 4.97. The molecular weight excluding hydrogens is 167 g/mol. The van der Waals surface area contributed by atoms with E-state index < -0.39 is 0 Å².